The molecule has 0 aromatic rings. The van der Waals surface area contributed by atoms with Gasteiger partial charge in [0.15, 0.2) is 0 Å². The van der Waals surface area contributed by atoms with E-state index in [1.165, 1.54) is 47.1 Å². The Labute approximate surface area is 123 Å². The highest BCUT2D eigenvalue weighted by Gasteiger charge is 2.27. The lowest BCUT2D eigenvalue weighted by molar-refractivity contribution is 0.347. The Morgan fingerprint density at radius 2 is 1.70 bits per heavy atom. The van der Waals surface area contributed by atoms with Gasteiger partial charge in [0.05, 0.1) is 0 Å². The third kappa shape index (κ3) is 4.69. The van der Waals surface area contributed by atoms with Crippen molar-refractivity contribution >= 4 is 10.2 Å². The van der Waals surface area contributed by atoms with Crippen molar-refractivity contribution in [3.63, 3.8) is 0 Å². The van der Waals surface area contributed by atoms with Crippen LogP contribution in [0.1, 0.15) is 44.9 Å². The Hall–Kier alpha value is -0.170. The minimum absolute atomic E-state index is 0.555. The van der Waals surface area contributed by atoms with Gasteiger partial charge in [0.2, 0.25) is 0 Å². The fraction of sp³-hybridized carbons (Fsp3) is 1.00. The molecule has 0 saturated heterocycles. The molecule has 0 amide bonds. The standard InChI is InChI=1S/C14H29N3O2S/c1-16(11-5-10-15-14-8-9-14)20(18,19)17(2)12-13-6-3-4-7-13/h13-15H,3-12H2,1-2H3. The van der Waals surface area contributed by atoms with Gasteiger partial charge in [-0.05, 0) is 44.6 Å². The number of hydrogen-bond acceptors (Lipinski definition) is 3. The number of nitrogens with one attached hydrogen (secondary N) is 1. The van der Waals surface area contributed by atoms with Crippen molar-refractivity contribution in [1.82, 2.24) is 13.9 Å². The summed E-state index contributed by atoms with van der Waals surface area (Å²) in [5, 5.41) is 3.42. The topological polar surface area (TPSA) is 52.7 Å². The summed E-state index contributed by atoms with van der Waals surface area (Å²) in [5.74, 6) is 0.555. The van der Waals surface area contributed by atoms with Crippen molar-refractivity contribution in [2.45, 2.75) is 51.0 Å². The molecule has 0 unspecified atom stereocenters. The Morgan fingerprint density at radius 3 is 2.30 bits per heavy atom. The summed E-state index contributed by atoms with van der Waals surface area (Å²) >= 11 is 0. The molecule has 20 heavy (non-hydrogen) atoms. The summed E-state index contributed by atoms with van der Waals surface area (Å²) < 4.78 is 27.8. The van der Waals surface area contributed by atoms with Gasteiger partial charge in [0, 0.05) is 33.2 Å². The summed E-state index contributed by atoms with van der Waals surface area (Å²) in [6, 6.07) is 0.696. The van der Waals surface area contributed by atoms with Gasteiger partial charge in [-0.3, -0.25) is 0 Å². The van der Waals surface area contributed by atoms with Crippen LogP contribution >= 0.6 is 0 Å². The summed E-state index contributed by atoms with van der Waals surface area (Å²) in [4.78, 5) is 0. The normalized spacial score (nSPS) is 21.2. The van der Waals surface area contributed by atoms with Gasteiger partial charge < -0.3 is 5.32 Å². The molecule has 0 bridgehead atoms. The molecule has 5 nitrogen and oxygen atoms in total. The summed E-state index contributed by atoms with van der Waals surface area (Å²) in [5.41, 5.74) is 0. The van der Waals surface area contributed by atoms with E-state index in [4.69, 9.17) is 0 Å². The maximum absolute atomic E-state index is 12.4. The van der Waals surface area contributed by atoms with Gasteiger partial charge in [0.25, 0.3) is 10.2 Å². The summed E-state index contributed by atoms with van der Waals surface area (Å²) in [6.07, 6.45) is 8.28. The van der Waals surface area contributed by atoms with Crippen LogP contribution in [0.3, 0.4) is 0 Å². The number of hydrogen-bond donors (Lipinski definition) is 1. The average Bonchev–Trinajstić information content (AvgIpc) is 3.10. The SMILES string of the molecule is CN(CCCNC1CC1)S(=O)(=O)N(C)CC1CCCC1. The van der Waals surface area contributed by atoms with E-state index in [2.05, 4.69) is 5.32 Å². The van der Waals surface area contributed by atoms with Crippen LogP contribution in [0.5, 0.6) is 0 Å². The Kier molecular flexibility index (Phi) is 5.84. The lowest BCUT2D eigenvalue weighted by Crippen LogP contribution is -2.42. The third-order valence-electron chi connectivity index (χ3n) is 4.44. The van der Waals surface area contributed by atoms with E-state index < -0.39 is 10.2 Å². The van der Waals surface area contributed by atoms with Gasteiger partial charge >= 0.3 is 0 Å². The Morgan fingerprint density at radius 1 is 1.05 bits per heavy atom. The maximum Gasteiger partial charge on any atom is 0.281 e. The predicted molar refractivity (Wildman–Crippen MR) is 81.8 cm³/mol. The monoisotopic (exact) mass is 303 g/mol. The first kappa shape index (κ1) is 16.2. The lowest BCUT2D eigenvalue weighted by atomic mass is 10.1. The van der Waals surface area contributed by atoms with Crippen molar-refractivity contribution in [2.24, 2.45) is 5.92 Å². The van der Waals surface area contributed by atoms with E-state index in [-0.39, 0.29) is 0 Å². The van der Waals surface area contributed by atoms with E-state index in [9.17, 15) is 8.42 Å². The van der Waals surface area contributed by atoms with Crippen LogP contribution in [0, 0.1) is 5.92 Å². The molecule has 0 heterocycles. The van der Waals surface area contributed by atoms with Crippen LogP contribution in [0.25, 0.3) is 0 Å². The molecule has 2 fully saturated rings. The highest BCUT2D eigenvalue weighted by molar-refractivity contribution is 7.86. The second-order valence-corrected chi connectivity index (χ2v) is 8.48. The van der Waals surface area contributed by atoms with Crippen molar-refractivity contribution in [2.75, 3.05) is 33.7 Å². The van der Waals surface area contributed by atoms with Gasteiger partial charge in [0.1, 0.15) is 0 Å². The second-order valence-electron chi connectivity index (χ2n) is 6.34. The van der Waals surface area contributed by atoms with Crippen LogP contribution < -0.4 is 5.32 Å². The van der Waals surface area contributed by atoms with Gasteiger partial charge in [-0.25, -0.2) is 0 Å². The molecule has 2 saturated carbocycles. The zero-order valence-corrected chi connectivity index (χ0v) is 13.7. The average molecular weight is 303 g/mol. The van der Waals surface area contributed by atoms with Crippen LogP contribution in [-0.2, 0) is 10.2 Å². The third-order valence-corrected chi connectivity index (χ3v) is 6.35. The highest BCUT2D eigenvalue weighted by atomic mass is 32.2. The van der Waals surface area contributed by atoms with Crippen molar-refractivity contribution in [3.05, 3.63) is 0 Å². The van der Waals surface area contributed by atoms with E-state index in [1.807, 2.05) is 0 Å². The molecule has 1 N–H and O–H groups in total. The second kappa shape index (κ2) is 7.20. The van der Waals surface area contributed by atoms with E-state index >= 15 is 0 Å². The number of nitrogens with zero attached hydrogens (tertiary/aromatic N) is 2. The minimum Gasteiger partial charge on any atom is -0.314 e. The summed E-state index contributed by atoms with van der Waals surface area (Å²) in [6.45, 7) is 2.18. The molecule has 118 valence electrons. The first-order chi connectivity index (χ1) is 9.50. The van der Waals surface area contributed by atoms with Crippen LogP contribution in [0.4, 0.5) is 0 Å². The van der Waals surface area contributed by atoms with Crippen molar-refractivity contribution in [3.8, 4) is 0 Å². The van der Waals surface area contributed by atoms with Gasteiger partial charge in [-0.1, -0.05) is 12.8 Å². The molecular weight excluding hydrogens is 274 g/mol. The molecule has 2 aliphatic carbocycles. The molecule has 6 heteroatoms. The molecular formula is C14H29N3O2S. The Bertz CT molecular complexity index is 389. The number of rotatable bonds is 9. The lowest BCUT2D eigenvalue weighted by Gasteiger charge is -2.26. The summed E-state index contributed by atoms with van der Waals surface area (Å²) in [7, 11) is 0.134. The fourth-order valence-electron chi connectivity index (χ4n) is 2.90. The molecule has 0 spiro atoms. The van der Waals surface area contributed by atoms with Crippen LogP contribution in [0.2, 0.25) is 0 Å². The van der Waals surface area contributed by atoms with Crippen LogP contribution in [0.15, 0.2) is 0 Å². The van der Waals surface area contributed by atoms with E-state index in [1.54, 1.807) is 14.1 Å². The van der Waals surface area contributed by atoms with Crippen molar-refractivity contribution in [1.29, 1.82) is 0 Å². The first-order valence-corrected chi connectivity index (χ1v) is 9.31. The largest absolute Gasteiger partial charge is 0.314 e. The molecule has 0 aromatic heterocycles. The molecule has 0 atom stereocenters. The quantitative estimate of drug-likeness (QED) is 0.656. The van der Waals surface area contributed by atoms with E-state index in [0.717, 1.165) is 13.0 Å². The predicted octanol–water partition coefficient (Wildman–Crippen LogP) is 1.43. The molecule has 0 radical (unpaired) electrons. The van der Waals surface area contributed by atoms with Crippen molar-refractivity contribution < 1.29 is 8.42 Å². The zero-order chi connectivity index (χ0) is 14.6. The first-order valence-electron chi connectivity index (χ1n) is 7.91. The van der Waals surface area contributed by atoms with E-state index in [0.29, 0.717) is 25.0 Å². The van der Waals surface area contributed by atoms with Gasteiger partial charge in [-0.2, -0.15) is 17.0 Å². The van der Waals surface area contributed by atoms with Crippen LogP contribution in [-0.4, -0.2) is 56.8 Å². The maximum atomic E-state index is 12.4. The molecule has 2 rings (SSSR count). The molecule has 2 aliphatic rings. The smallest absolute Gasteiger partial charge is 0.281 e. The van der Waals surface area contributed by atoms with Gasteiger partial charge in [-0.15, -0.1) is 0 Å². The minimum atomic E-state index is -3.27. The highest BCUT2D eigenvalue weighted by Crippen LogP contribution is 2.26. The molecule has 0 aromatic carbocycles. The fourth-order valence-corrected chi connectivity index (χ4v) is 4.13. The molecule has 0 aliphatic heterocycles. The zero-order valence-electron chi connectivity index (χ0n) is 12.8. The Balaban J connectivity index is 1.71.